The van der Waals surface area contributed by atoms with Crippen LogP contribution in [-0.4, -0.2) is 11.8 Å². The maximum Gasteiger partial charge on any atom is 0.153 e. The minimum absolute atomic E-state index is 0.0659. The molecule has 1 aromatic rings. The molecule has 2 nitrogen and oxygen atoms in total. The number of hydrogen-bond acceptors (Lipinski definition) is 2. The van der Waals surface area contributed by atoms with Crippen molar-refractivity contribution in [3.63, 3.8) is 0 Å². The van der Waals surface area contributed by atoms with Crippen molar-refractivity contribution < 1.29 is 9.18 Å². The number of benzene rings is 1. The first-order valence-corrected chi connectivity index (χ1v) is 5.56. The van der Waals surface area contributed by atoms with Crippen molar-refractivity contribution in [2.24, 2.45) is 5.73 Å². The van der Waals surface area contributed by atoms with E-state index in [-0.39, 0.29) is 18.0 Å². The second-order valence-electron chi connectivity index (χ2n) is 3.37. The Morgan fingerprint density at radius 3 is 2.87 bits per heavy atom. The van der Waals surface area contributed by atoms with Crippen LogP contribution in [0.15, 0.2) is 22.7 Å². The highest BCUT2D eigenvalue weighted by atomic mass is 79.9. The molecule has 0 amide bonds. The zero-order chi connectivity index (χ0) is 11.4. The van der Waals surface area contributed by atoms with Gasteiger partial charge in [-0.15, -0.1) is 0 Å². The van der Waals surface area contributed by atoms with Gasteiger partial charge in [-0.1, -0.05) is 19.1 Å². The molecule has 15 heavy (non-hydrogen) atoms. The molecule has 0 aromatic heterocycles. The first kappa shape index (κ1) is 12.3. The number of carbonyl (C=O) groups excluding carboxylic acids is 1. The van der Waals surface area contributed by atoms with E-state index in [1.165, 1.54) is 6.07 Å². The van der Waals surface area contributed by atoms with Gasteiger partial charge >= 0.3 is 0 Å². The highest BCUT2D eigenvalue weighted by Gasteiger charge is 2.14. The highest BCUT2D eigenvalue weighted by Crippen LogP contribution is 2.21. The molecule has 1 unspecified atom stereocenters. The molecule has 1 atom stereocenters. The topological polar surface area (TPSA) is 43.1 Å². The molecule has 0 saturated carbocycles. The van der Waals surface area contributed by atoms with E-state index in [9.17, 15) is 9.18 Å². The number of rotatable bonds is 4. The normalized spacial score (nSPS) is 12.5. The van der Waals surface area contributed by atoms with Gasteiger partial charge in [0.1, 0.15) is 5.82 Å². The zero-order valence-corrected chi connectivity index (χ0v) is 10.1. The fraction of sp³-hybridized carbons (Fsp3) is 0.364. The Morgan fingerprint density at radius 2 is 2.27 bits per heavy atom. The van der Waals surface area contributed by atoms with E-state index in [1.807, 2.05) is 6.92 Å². The van der Waals surface area contributed by atoms with E-state index in [1.54, 1.807) is 12.1 Å². The molecule has 0 heterocycles. The molecule has 0 aliphatic heterocycles. The molecule has 82 valence electrons. The van der Waals surface area contributed by atoms with Gasteiger partial charge in [0.2, 0.25) is 0 Å². The lowest BCUT2D eigenvalue weighted by Crippen LogP contribution is -2.30. The Bertz CT molecular complexity index is 368. The largest absolute Gasteiger partial charge is 0.322 e. The van der Waals surface area contributed by atoms with Gasteiger partial charge in [0, 0.05) is 6.42 Å². The number of hydrogen-bond donors (Lipinski definition) is 1. The average Bonchev–Trinajstić information content (AvgIpc) is 2.23. The van der Waals surface area contributed by atoms with Crippen molar-refractivity contribution in [2.75, 3.05) is 0 Å². The fourth-order valence-corrected chi connectivity index (χ4v) is 1.64. The van der Waals surface area contributed by atoms with Crippen molar-refractivity contribution in [3.05, 3.63) is 34.1 Å². The van der Waals surface area contributed by atoms with Crippen molar-refractivity contribution in [2.45, 2.75) is 25.8 Å². The van der Waals surface area contributed by atoms with Crippen LogP contribution in [0.1, 0.15) is 18.9 Å². The number of nitrogens with two attached hydrogens (primary N) is 1. The van der Waals surface area contributed by atoms with Crippen molar-refractivity contribution in [3.8, 4) is 0 Å². The lowest BCUT2D eigenvalue weighted by Gasteiger charge is -2.09. The summed E-state index contributed by atoms with van der Waals surface area (Å²) in [7, 11) is 0. The highest BCUT2D eigenvalue weighted by molar-refractivity contribution is 9.10. The minimum atomic E-state index is -0.458. The molecule has 0 aliphatic carbocycles. The molecule has 0 radical (unpaired) electrons. The zero-order valence-electron chi connectivity index (χ0n) is 8.47. The molecule has 0 saturated heterocycles. The van der Waals surface area contributed by atoms with Crippen molar-refractivity contribution in [1.82, 2.24) is 0 Å². The van der Waals surface area contributed by atoms with Gasteiger partial charge in [0.25, 0.3) is 0 Å². The van der Waals surface area contributed by atoms with E-state index in [2.05, 4.69) is 15.9 Å². The molecule has 2 N–H and O–H groups in total. The fourth-order valence-electron chi connectivity index (χ4n) is 1.23. The lowest BCUT2D eigenvalue weighted by molar-refractivity contribution is -0.119. The molecule has 0 spiro atoms. The second-order valence-corrected chi connectivity index (χ2v) is 4.16. The molecule has 1 rings (SSSR count). The van der Waals surface area contributed by atoms with Gasteiger partial charge in [0.15, 0.2) is 5.78 Å². The summed E-state index contributed by atoms with van der Waals surface area (Å²) in [6.07, 6.45) is 0.777. The number of ketones is 1. The van der Waals surface area contributed by atoms with Gasteiger partial charge in [-0.2, -0.15) is 0 Å². The van der Waals surface area contributed by atoms with Crippen LogP contribution in [0, 0.1) is 5.82 Å². The van der Waals surface area contributed by atoms with Crippen molar-refractivity contribution in [1.29, 1.82) is 0 Å². The molecule has 1 aromatic carbocycles. The average molecular weight is 274 g/mol. The summed E-state index contributed by atoms with van der Waals surface area (Å²) >= 11 is 3.11. The van der Waals surface area contributed by atoms with Gasteiger partial charge < -0.3 is 5.73 Å². The molecule has 4 heteroatoms. The van der Waals surface area contributed by atoms with Crippen molar-refractivity contribution >= 4 is 21.7 Å². The Labute approximate surface area is 96.8 Å². The Kier molecular flexibility index (Phi) is 4.42. The Balaban J connectivity index is 2.81. The van der Waals surface area contributed by atoms with E-state index in [0.717, 1.165) is 0 Å². The SMILES string of the molecule is CCC(N)C(=O)Cc1cccc(F)c1Br. The van der Waals surface area contributed by atoms with E-state index in [4.69, 9.17) is 5.73 Å². The standard InChI is InChI=1S/C11H13BrFNO/c1-2-9(14)10(15)6-7-4-3-5-8(13)11(7)12/h3-5,9H,2,6,14H2,1H3. The third-order valence-electron chi connectivity index (χ3n) is 2.25. The summed E-state index contributed by atoms with van der Waals surface area (Å²) in [5.41, 5.74) is 6.24. The van der Waals surface area contributed by atoms with Crippen LogP contribution >= 0.6 is 15.9 Å². The maximum atomic E-state index is 13.1. The minimum Gasteiger partial charge on any atom is -0.322 e. The Morgan fingerprint density at radius 1 is 1.60 bits per heavy atom. The monoisotopic (exact) mass is 273 g/mol. The summed E-state index contributed by atoms with van der Waals surface area (Å²) in [5, 5.41) is 0. The lowest BCUT2D eigenvalue weighted by atomic mass is 10.0. The molecule has 0 aliphatic rings. The number of carbonyl (C=O) groups is 1. The number of Topliss-reactive ketones (excluding diaryl/α,β-unsaturated/α-hetero) is 1. The van der Waals surface area contributed by atoms with Crippen LogP contribution in [0.5, 0.6) is 0 Å². The van der Waals surface area contributed by atoms with Crippen LogP contribution < -0.4 is 5.73 Å². The van der Waals surface area contributed by atoms with Crippen LogP contribution in [-0.2, 0) is 11.2 Å². The quantitative estimate of drug-likeness (QED) is 0.916. The summed E-state index contributed by atoms with van der Waals surface area (Å²) in [4.78, 5) is 11.5. The summed E-state index contributed by atoms with van der Waals surface area (Å²) < 4.78 is 13.5. The molecular formula is C11H13BrFNO. The second kappa shape index (κ2) is 5.37. The summed E-state index contributed by atoms with van der Waals surface area (Å²) in [5.74, 6) is -0.422. The first-order chi connectivity index (χ1) is 7.06. The third-order valence-corrected chi connectivity index (χ3v) is 3.14. The molecular weight excluding hydrogens is 261 g/mol. The first-order valence-electron chi connectivity index (χ1n) is 4.77. The van der Waals surface area contributed by atoms with Crippen LogP contribution in [0.4, 0.5) is 4.39 Å². The van der Waals surface area contributed by atoms with Gasteiger partial charge in [-0.25, -0.2) is 4.39 Å². The van der Waals surface area contributed by atoms with Gasteiger partial charge in [0.05, 0.1) is 10.5 Å². The van der Waals surface area contributed by atoms with E-state index in [0.29, 0.717) is 16.5 Å². The van der Waals surface area contributed by atoms with Crippen LogP contribution in [0.25, 0.3) is 0 Å². The summed E-state index contributed by atoms with van der Waals surface area (Å²) in [6.45, 7) is 1.85. The van der Waals surface area contributed by atoms with E-state index >= 15 is 0 Å². The molecule has 0 bridgehead atoms. The summed E-state index contributed by atoms with van der Waals surface area (Å²) in [6, 6.07) is 4.19. The maximum absolute atomic E-state index is 13.1. The molecule has 0 fully saturated rings. The smallest absolute Gasteiger partial charge is 0.153 e. The predicted octanol–water partition coefficient (Wildman–Crippen LogP) is 2.44. The van der Waals surface area contributed by atoms with Gasteiger partial charge in [-0.05, 0) is 34.0 Å². The van der Waals surface area contributed by atoms with Crippen LogP contribution in [0.3, 0.4) is 0 Å². The van der Waals surface area contributed by atoms with Gasteiger partial charge in [-0.3, -0.25) is 4.79 Å². The van der Waals surface area contributed by atoms with E-state index < -0.39 is 6.04 Å². The van der Waals surface area contributed by atoms with Crippen LogP contribution in [0.2, 0.25) is 0 Å². The third kappa shape index (κ3) is 3.11. The Hall–Kier alpha value is -0.740. The predicted molar refractivity (Wildman–Crippen MR) is 61.1 cm³/mol. The number of halogens is 2.